The van der Waals surface area contributed by atoms with Crippen LogP contribution in [0.15, 0.2) is 30.5 Å². The van der Waals surface area contributed by atoms with Gasteiger partial charge in [-0.25, -0.2) is 4.79 Å². The number of nitrogens with zero attached hydrogens (tertiary/aromatic N) is 2. The molecule has 0 fully saturated rings. The zero-order chi connectivity index (χ0) is 15.6. The standard InChI is InChI=1S/C14H13N3O4/c1-8(18)9-3-5-10(6-4-9)15-13(19)12-11(14(20)21)7-17(2)16-12/h3-7H,1-2H3,(H,15,19)(H,20,21). The van der Waals surface area contributed by atoms with Gasteiger partial charge in [-0.15, -0.1) is 0 Å². The van der Waals surface area contributed by atoms with Crippen molar-refractivity contribution in [1.29, 1.82) is 0 Å². The minimum atomic E-state index is -1.22. The molecule has 0 aliphatic heterocycles. The predicted octanol–water partition coefficient (Wildman–Crippen LogP) is 1.57. The van der Waals surface area contributed by atoms with Crippen molar-refractivity contribution in [2.75, 3.05) is 5.32 Å². The Kier molecular flexibility index (Phi) is 3.84. The van der Waals surface area contributed by atoms with Crippen LogP contribution in [0.5, 0.6) is 0 Å². The normalized spacial score (nSPS) is 10.2. The molecule has 2 N–H and O–H groups in total. The van der Waals surface area contributed by atoms with Gasteiger partial charge in [0.05, 0.1) is 0 Å². The van der Waals surface area contributed by atoms with E-state index in [9.17, 15) is 14.4 Å². The number of hydrogen-bond donors (Lipinski definition) is 2. The van der Waals surface area contributed by atoms with E-state index in [4.69, 9.17) is 5.11 Å². The van der Waals surface area contributed by atoms with Crippen LogP contribution in [0.3, 0.4) is 0 Å². The third-order valence-electron chi connectivity index (χ3n) is 2.82. The van der Waals surface area contributed by atoms with E-state index in [1.54, 1.807) is 24.3 Å². The lowest BCUT2D eigenvalue weighted by atomic mass is 10.1. The molecule has 21 heavy (non-hydrogen) atoms. The number of carbonyl (C=O) groups is 3. The molecule has 0 unspecified atom stereocenters. The van der Waals surface area contributed by atoms with Crippen LogP contribution >= 0.6 is 0 Å². The van der Waals surface area contributed by atoms with E-state index in [1.807, 2.05) is 0 Å². The van der Waals surface area contributed by atoms with E-state index < -0.39 is 11.9 Å². The molecule has 7 nitrogen and oxygen atoms in total. The largest absolute Gasteiger partial charge is 0.478 e. The van der Waals surface area contributed by atoms with Crippen LogP contribution < -0.4 is 5.32 Å². The molecule has 0 saturated heterocycles. The first kappa shape index (κ1) is 14.4. The summed E-state index contributed by atoms with van der Waals surface area (Å²) < 4.78 is 1.26. The fraction of sp³-hybridized carbons (Fsp3) is 0.143. The molecule has 0 radical (unpaired) electrons. The molecule has 0 atom stereocenters. The molecule has 1 aromatic heterocycles. The Morgan fingerprint density at radius 2 is 1.81 bits per heavy atom. The fourth-order valence-electron chi connectivity index (χ4n) is 1.79. The number of nitrogens with one attached hydrogen (secondary N) is 1. The van der Waals surface area contributed by atoms with E-state index in [0.717, 1.165) is 0 Å². The number of benzene rings is 1. The monoisotopic (exact) mass is 287 g/mol. The lowest BCUT2D eigenvalue weighted by Crippen LogP contribution is -2.16. The predicted molar refractivity (Wildman–Crippen MR) is 74.6 cm³/mol. The highest BCUT2D eigenvalue weighted by Gasteiger charge is 2.21. The van der Waals surface area contributed by atoms with Crippen LogP contribution in [0.1, 0.15) is 38.1 Å². The molecule has 0 aliphatic rings. The molecule has 2 rings (SSSR count). The van der Waals surface area contributed by atoms with Gasteiger partial charge in [0.1, 0.15) is 5.56 Å². The summed E-state index contributed by atoms with van der Waals surface area (Å²) in [4.78, 5) is 34.3. The van der Waals surface area contributed by atoms with Crippen molar-refractivity contribution in [3.05, 3.63) is 47.3 Å². The van der Waals surface area contributed by atoms with Crippen LogP contribution in [0.2, 0.25) is 0 Å². The molecule has 1 amide bonds. The van der Waals surface area contributed by atoms with Crippen molar-refractivity contribution in [3.8, 4) is 0 Å². The van der Waals surface area contributed by atoms with Gasteiger partial charge >= 0.3 is 5.97 Å². The smallest absolute Gasteiger partial charge is 0.339 e. The van der Waals surface area contributed by atoms with E-state index in [1.165, 1.54) is 24.9 Å². The number of aromatic carboxylic acids is 1. The lowest BCUT2D eigenvalue weighted by molar-refractivity contribution is 0.0692. The Morgan fingerprint density at radius 1 is 1.19 bits per heavy atom. The summed E-state index contributed by atoms with van der Waals surface area (Å²) in [7, 11) is 1.53. The Balaban J connectivity index is 2.22. The number of Topliss-reactive ketones (excluding diaryl/α,β-unsaturated/α-hetero) is 1. The number of hydrogen-bond acceptors (Lipinski definition) is 4. The van der Waals surface area contributed by atoms with Crippen molar-refractivity contribution >= 4 is 23.3 Å². The second-order valence-corrected chi connectivity index (χ2v) is 4.46. The van der Waals surface area contributed by atoms with E-state index in [2.05, 4.69) is 10.4 Å². The van der Waals surface area contributed by atoms with E-state index in [0.29, 0.717) is 11.3 Å². The molecule has 1 heterocycles. The van der Waals surface area contributed by atoms with Crippen LogP contribution in [0.4, 0.5) is 5.69 Å². The van der Waals surface area contributed by atoms with Crippen molar-refractivity contribution in [3.63, 3.8) is 0 Å². The number of carboxylic acids is 1. The molecule has 1 aromatic carbocycles. The van der Waals surface area contributed by atoms with Gasteiger partial charge in [-0.05, 0) is 31.2 Å². The maximum atomic E-state index is 12.1. The second kappa shape index (κ2) is 5.58. The Labute approximate surface area is 120 Å². The van der Waals surface area contributed by atoms with Crippen LogP contribution in [-0.2, 0) is 7.05 Å². The second-order valence-electron chi connectivity index (χ2n) is 4.46. The van der Waals surface area contributed by atoms with E-state index >= 15 is 0 Å². The van der Waals surface area contributed by atoms with Crippen molar-refractivity contribution in [2.24, 2.45) is 7.05 Å². The van der Waals surface area contributed by atoms with Crippen LogP contribution in [0.25, 0.3) is 0 Å². The SMILES string of the molecule is CC(=O)c1ccc(NC(=O)c2nn(C)cc2C(=O)O)cc1. The average molecular weight is 287 g/mol. The topological polar surface area (TPSA) is 101 Å². The molecule has 108 valence electrons. The number of aryl methyl sites for hydroxylation is 1. The lowest BCUT2D eigenvalue weighted by Gasteiger charge is -2.04. The Morgan fingerprint density at radius 3 is 2.33 bits per heavy atom. The summed E-state index contributed by atoms with van der Waals surface area (Å²) in [5.74, 6) is -1.92. The number of carboxylic acid groups (broad SMARTS) is 1. The number of anilines is 1. The van der Waals surface area contributed by atoms with Crippen molar-refractivity contribution in [1.82, 2.24) is 9.78 Å². The number of aromatic nitrogens is 2. The van der Waals surface area contributed by atoms with Gasteiger partial charge in [-0.1, -0.05) is 0 Å². The molecule has 7 heteroatoms. The number of rotatable bonds is 4. The van der Waals surface area contributed by atoms with Crippen molar-refractivity contribution in [2.45, 2.75) is 6.92 Å². The Hall–Kier alpha value is -2.96. The van der Waals surface area contributed by atoms with Crippen LogP contribution in [-0.4, -0.2) is 32.5 Å². The quantitative estimate of drug-likeness (QED) is 0.831. The molecule has 0 aliphatic carbocycles. The van der Waals surface area contributed by atoms with Gasteiger partial charge < -0.3 is 10.4 Å². The number of amides is 1. The molecule has 0 saturated carbocycles. The highest BCUT2D eigenvalue weighted by atomic mass is 16.4. The number of carbonyl (C=O) groups excluding carboxylic acids is 2. The first-order chi connectivity index (χ1) is 9.88. The van der Waals surface area contributed by atoms with E-state index in [-0.39, 0.29) is 17.0 Å². The van der Waals surface area contributed by atoms with Gasteiger partial charge in [-0.2, -0.15) is 5.10 Å². The minimum Gasteiger partial charge on any atom is -0.478 e. The van der Waals surface area contributed by atoms with Gasteiger partial charge in [0.2, 0.25) is 0 Å². The minimum absolute atomic E-state index is 0.0780. The molecule has 2 aromatic rings. The molecular formula is C14H13N3O4. The third kappa shape index (κ3) is 3.14. The summed E-state index contributed by atoms with van der Waals surface area (Å²) in [5, 5.41) is 15.4. The molecule has 0 bridgehead atoms. The average Bonchev–Trinajstić information content (AvgIpc) is 2.82. The third-order valence-corrected chi connectivity index (χ3v) is 2.82. The molecular weight excluding hydrogens is 274 g/mol. The number of ketones is 1. The van der Waals surface area contributed by atoms with Gasteiger partial charge in [0.15, 0.2) is 11.5 Å². The molecule has 0 spiro atoms. The summed E-state index contributed by atoms with van der Waals surface area (Å²) in [6, 6.07) is 6.29. The zero-order valence-electron chi connectivity index (χ0n) is 11.5. The summed E-state index contributed by atoms with van der Waals surface area (Å²) in [5.41, 5.74) is 0.639. The van der Waals surface area contributed by atoms with Gasteiger partial charge in [0.25, 0.3) is 5.91 Å². The van der Waals surface area contributed by atoms with Gasteiger partial charge in [0, 0.05) is 24.5 Å². The highest BCUT2D eigenvalue weighted by Crippen LogP contribution is 2.13. The van der Waals surface area contributed by atoms with Crippen molar-refractivity contribution < 1.29 is 19.5 Å². The summed E-state index contributed by atoms with van der Waals surface area (Å²) in [6.07, 6.45) is 1.26. The Bertz CT molecular complexity index is 716. The maximum absolute atomic E-state index is 12.1. The highest BCUT2D eigenvalue weighted by molar-refractivity contribution is 6.09. The maximum Gasteiger partial charge on any atom is 0.339 e. The van der Waals surface area contributed by atoms with Crippen LogP contribution in [0, 0.1) is 0 Å². The summed E-state index contributed by atoms with van der Waals surface area (Å²) >= 11 is 0. The first-order valence-corrected chi connectivity index (χ1v) is 6.08. The summed E-state index contributed by atoms with van der Waals surface area (Å²) in [6.45, 7) is 1.45. The van der Waals surface area contributed by atoms with Gasteiger partial charge in [-0.3, -0.25) is 14.3 Å². The fourth-order valence-corrected chi connectivity index (χ4v) is 1.79. The first-order valence-electron chi connectivity index (χ1n) is 6.08. The zero-order valence-corrected chi connectivity index (χ0v) is 11.5.